The summed E-state index contributed by atoms with van der Waals surface area (Å²) in [5.41, 5.74) is 1.38. The monoisotopic (exact) mass is 537 g/mol. The van der Waals surface area contributed by atoms with E-state index in [2.05, 4.69) is 30.2 Å². The number of nitrogens with zero attached hydrogens (tertiary/aromatic N) is 6. The number of carbonyl (C=O) groups excluding carboxylic acids is 1. The van der Waals surface area contributed by atoms with Gasteiger partial charge in [0, 0.05) is 62.9 Å². The minimum Gasteiger partial charge on any atom is -0.474 e. The second-order valence-corrected chi connectivity index (χ2v) is 11.7. The van der Waals surface area contributed by atoms with Gasteiger partial charge in [-0.2, -0.15) is 0 Å². The summed E-state index contributed by atoms with van der Waals surface area (Å²) in [6.07, 6.45) is 10.1. The van der Waals surface area contributed by atoms with Crippen LogP contribution in [0.5, 0.6) is 5.88 Å². The molecule has 202 valence electrons. The molecule has 10 nitrogen and oxygen atoms in total. The van der Waals surface area contributed by atoms with Crippen LogP contribution in [0, 0.1) is 0 Å². The van der Waals surface area contributed by atoms with Gasteiger partial charge in [-0.1, -0.05) is 17.4 Å². The average Bonchev–Trinajstić information content (AvgIpc) is 3.57. The molecule has 2 fully saturated rings. The zero-order valence-electron chi connectivity index (χ0n) is 22.2. The second kappa shape index (κ2) is 11.6. The van der Waals surface area contributed by atoms with Crippen LogP contribution in [0.4, 0.5) is 15.9 Å². The molecule has 1 N–H and O–H groups in total. The number of thiazole rings is 1. The van der Waals surface area contributed by atoms with Crippen molar-refractivity contribution >= 4 is 28.5 Å². The molecular weight excluding hydrogens is 502 g/mol. The van der Waals surface area contributed by atoms with Crippen molar-refractivity contribution < 1.29 is 14.3 Å². The highest BCUT2D eigenvalue weighted by Gasteiger charge is 2.26. The van der Waals surface area contributed by atoms with Crippen molar-refractivity contribution in [1.29, 1.82) is 0 Å². The molecular formula is C27H35N7O3S. The largest absolute Gasteiger partial charge is 0.474 e. The van der Waals surface area contributed by atoms with Crippen molar-refractivity contribution in [2.24, 2.45) is 0 Å². The summed E-state index contributed by atoms with van der Waals surface area (Å²) in [6.45, 7) is 9.24. The number of nitrogens with one attached hydrogen (secondary N) is 1. The Hall–Kier alpha value is -3.31. The Kier molecular flexibility index (Phi) is 8.04. The first-order chi connectivity index (χ1) is 18.3. The molecule has 4 heterocycles. The van der Waals surface area contributed by atoms with Crippen LogP contribution in [-0.4, -0.2) is 73.7 Å². The maximum absolute atomic E-state index is 12.3. The standard InChI is InChI=1S/C27H35N7O3S/c1-27(2,3)37-26(35)34-13-11-33(12-14-34)18-19-15-28-24(29-16-19)32-25-30-17-22(38-25)21-9-6-10-23(31-21)36-20-7-4-5-8-20/h6,9-10,15-17,20H,4-5,7-8,11-14,18H2,1-3H3,(H,28,29,30,32). The Morgan fingerprint density at radius 2 is 1.79 bits per heavy atom. The Balaban J connectivity index is 1.11. The third kappa shape index (κ3) is 7.16. The Labute approximate surface area is 227 Å². The van der Waals surface area contributed by atoms with Crippen molar-refractivity contribution in [1.82, 2.24) is 29.7 Å². The molecule has 0 unspecified atom stereocenters. The fraction of sp³-hybridized carbons (Fsp3) is 0.519. The normalized spacial score (nSPS) is 17.0. The van der Waals surface area contributed by atoms with Gasteiger partial charge in [0.25, 0.3) is 0 Å². The number of carbonyl (C=O) groups is 1. The first-order valence-electron chi connectivity index (χ1n) is 13.2. The third-order valence-corrected chi connectivity index (χ3v) is 7.36. The number of rotatable bonds is 7. The third-order valence-electron chi connectivity index (χ3n) is 6.43. The minimum absolute atomic E-state index is 0.248. The lowest BCUT2D eigenvalue weighted by atomic mass is 10.2. The summed E-state index contributed by atoms with van der Waals surface area (Å²) < 4.78 is 11.5. The van der Waals surface area contributed by atoms with E-state index in [0.29, 0.717) is 30.0 Å². The van der Waals surface area contributed by atoms with Crippen molar-refractivity contribution in [2.75, 3.05) is 31.5 Å². The van der Waals surface area contributed by atoms with E-state index in [9.17, 15) is 4.79 Å². The van der Waals surface area contributed by atoms with Crippen LogP contribution in [0.15, 0.2) is 36.8 Å². The number of amides is 1. The molecule has 0 bridgehead atoms. The number of hydrogen-bond donors (Lipinski definition) is 1. The molecule has 0 aromatic carbocycles. The minimum atomic E-state index is -0.479. The lowest BCUT2D eigenvalue weighted by Gasteiger charge is -2.35. The van der Waals surface area contributed by atoms with Gasteiger partial charge in [0.05, 0.1) is 10.6 Å². The molecule has 1 amide bonds. The molecule has 11 heteroatoms. The summed E-state index contributed by atoms with van der Waals surface area (Å²) >= 11 is 1.50. The van der Waals surface area contributed by atoms with E-state index in [1.807, 2.05) is 51.4 Å². The topological polar surface area (TPSA) is 106 Å². The van der Waals surface area contributed by atoms with E-state index in [1.165, 1.54) is 24.2 Å². The zero-order valence-corrected chi connectivity index (χ0v) is 23.0. The quantitative estimate of drug-likeness (QED) is 0.440. The first kappa shape index (κ1) is 26.3. The lowest BCUT2D eigenvalue weighted by Crippen LogP contribution is -2.49. The molecule has 5 rings (SSSR count). The summed E-state index contributed by atoms with van der Waals surface area (Å²) in [4.78, 5) is 35.4. The Morgan fingerprint density at radius 1 is 1.05 bits per heavy atom. The molecule has 2 aliphatic rings. The second-order valence-electron chi connectivity index (χ2n) is 10.7. The van der Waals surface area contributed by atoms with Gasteiger partial charge in [-0.15, -0.1) is 0 Å². The molecule has 0 radical (unpaired) electrons. The molecule has 1 aliphatic carbocycles. The van der Waals surface area contributed by atoms with E-state index >= 15 is 0 Å². The van der Waals surface area contributed by atoms with Gasteiger partial charge in [0.15, 0.2) is 5.13 Å². The molecule has 38 heavy (non-hydrogen) atoms. The van der Waals surface area contributed by atoms with Crippen LogP contribution in [0.25, 0.3) is 10.6 Å². The van der Waals surface area contributed by atoms with Gasteiger partial charge >= 0.3 is 6.09 Å². The highest BCUT2D eigenvalue weighted by atomic mass is 32.1. The van der Waals surface area contributed by atoms with E-state index in [0.717, 1.165) is 48.6 Å². The van der Waals surface area contributed by atoms with Crippen LogP contribution in [0.2, 0.25) is 0 Å². The Bertz CT molecular complexity index is 1210. The van der Waals surface area contributed by atoms with Crippen LogP contribution < -0.4 is 10.1 Å². The number of pyridine rings is 1. The fourth-order valence-corrected chi connectivity index (χ4v) is 5.29. The van der Waals surface area contributed by atoms with E-state index in [4.69, 9.17) is 9.47 Å². The number of piperazine rings is 1. The Morgan fingerprint density at radius 3 is 2.50 bits per heavy atom. The maximum atomic E-state index is 12.3. The summed E-state index contributed by atoms with van der Waals surface area (Å²) in [7, 11) is 0. The van der Waals surface area contributed by atoms with Gasteiger partial charge in [0.1, 0.15) is 11.7 Å². The van der Waals surface area contributed by atoms with Gasteiger partial charge in [-0.25, -0.2) is 24.7 Å². The number of hydrogen-bond acceptors (Lipinski definition) is 10. The highest BCUT2D eigenvalue weighted by Crippen LogP contribution is 2.31. The SMILES string of the molecule is CC(C)(C)OC(=O)N1CCN(Cc2cnc(Nc3ncc(-c4cccc(OC5CCCC5)n4)s3)nc2)CC1. The van der Waals surface area contributed by atoms with Gasteiger partial charge in [-0.3, -0.25) is 4.90 Å². The lowest BCUT2D eigenvalue weighted by molar-refractivity contribution is 0.0139. The predicted molar refractivity (Wildman–Crippen MR) is 147 cm³/mol. The molecule has 0 atom stereocenters. The van der Waals surface area contributed by atoms with E-state index in [-0.39, 0.29) is 12.2 Å². The van der Waals surface area contributed by atoms with E-state index in [1.54, 1.807) is 11.1 Å². The molecule has 3 aromatic heterocycles. The molecule has 1 saturated heterocycles. The molecule has 1 saturated carbocycles. The van der Waals surface area contributed by atoms with Crippen LogP contribution in [0.3, 0.4) is 0 Å². The molecule has 0 spiro atoms. The summed E-state index contributed by atoms with van der Waals surface area (Å²) in [5.74, 6) is 1.16. The smallest absolute Gasteiger partial charge is 0.410 e. The van der Waals surface area contributed by atoms with Crippen molar-refractivity contribution in [2.45, 2.75) is 64.7 Å². The molecule has 1 aliphatic heterocycles. The maximum Gasteiger partial charge on any atom is 0.410 e. The highest BCUT2D eigenvalue weighted by molar-refractivity contribution is 7.18. The molecule has 3 aromatic rings. The number of aromatic nitrogens is 4. The number of ether oxygens (including phenoxy) is 2. The summed E-state index contributed by atoms with van der Waals surface area (Å²) in [5, 5.41) is 3.89. The van der Waals surface area contributed by atoms with Crippen molar-refractivity contribution in [3.8, 4) is 16.5 Å². The zero-order chi connectivity index (χ0) is 26.5. The van der Waals surface area contributed by atoms with Crippen molar-refractivity contribution in [3.63, 3.8) is 0 Å². The number of anilines is 2. The van der Waals surface area contributed by atoms with Crippen LogP contribution in [-0.2, 0) is 11.3 Å². The van der Waals surface area contributed by atoms with Gasteiger partial charge < -0.3 is 19.7 Å². The van der Waals surface area contributed by atoms with Gasteiger partial charge in [0.2, 0.25) is 11.8 Å². The fourth-order valence-electron chi connectivity index (χ4n) is 4.51. The van der Waals surface area contributed by atoms with Crippen molar-refractivity contribution in [3.05, 3.63) is 42.4 Å². The van der Waals surface area contributed by atoms with E-state index < -0.39 is 5.60 Å². The average molecular weight is 538 g/mol. The van der Waals surface area contributed by atoms with Crippen LogP contribution in [0.1, 0.15) is 52.0 Å². The van der Waals surface area contributed by atoms with Crippen LogP contribution >= 0.6 is 11.3 Å². The summed E-state index contributed by atoms with van der Waals surface area (Å²) in [6, 6.07) is 5.86. The first-order valence-corrected chi connectivity index (χ1v) is 14.0. The predicted octanol–water partition coefficient (Wildman–Crippen LogP) is 5.11. The van der Waals surface area contributed by atoms with Gasteiger partial charge in [-0.05, 0) is 52.5 Å².